The summed E-state index contributed by atoms with van der Waals surface area (Å²) in [4.78, 5) is 29.7. The molecule has 1 heterocycles. The number of aliphatic imine (C=N–C) groups is 1. The number of carbonyl (C=O) groups is 2. The molecule has 27 heavy (non-hydrogen) atoms. The number of carbonyl (C=O) groups excluding carboxylic acids is 2. The fourth-order valence-electron chi connectivity index (χ4n) is 3.70. The fourth-order valence-corrected chi connectivity index (χ4v) is 3.70. The van der Waals surface area contributed by atoms with Crippen LogP contribution in [0.25, 0.3) is 0 Å². The van der Waals surface area contributed by atoms with Gasteiger partial charge in [0.25, 0.3) is 11.8 Å². The first-order chi connectivity index (χ1) is 12.8. The Morgan fingerprint density at radius 2 is 1.96 bits per heavy atom. The molecule has 2 N–H and O–H groups in total. The summed E-state index contributed by atoms with van der Waals surface area (Å²) in [6.07, 6.45) is 3.74. The second kappa shape index (κ2) is 6.69. The van der Waals surface area contributed by atoms with Crippen LogP contribution in [0, 0.1) is 5.92 Å². The minimum atomic E-state index is -2.69. The first-order valence-corrected chi connectivity index (χ1v) is 9.49. The molecule has 1 aromatic carbocycles. The van der Waals surface area contributed by atoms with Crippen molar-refractivity contribution in [2.24, 2.45) is 16.6 Å². The SMILES string of the molecule is NC(=O)C/C(=N/C(=O)c1ccc(C2CC2)c(N2CCC(F)(F)C2)c1)C1CC1. The third kappa shape index (κ3) is 4.17. The number of primary amides is 1. The van der Waals surface area contributed by atoms with Gasteiger partial charge < -0.3 is 10.6 Å². The molecule has 3 fully saturated rings. The summed E-state index contributed by atoms with van der Waals surface area (Å²) in [6, 6.07) is 5.28. The van der Waals surface area contributed by atoms with Gasteiger partial charge in [0.1, 0.15) is 0 Å². The van der Waals surface area contributed by atoms with Crippen LogP contribution in [0.15, 0.2) is 23.2 Å². The highest BCUT2D eigenvalue weighted by Gasteiger charge is 2.40. The molecule has 7 heteroatoms. The molecule has 0 spiro atoms. The molecule has 0 atom stereocenters. The maximum Gasteiger partial charge on any atom is 0.277 e. The van der Waals surface area contributed by atoms with E-state index in [-0.39, 0.29) is 31.8 Å². The zero-order valence-electron chi connectivity index (χ0n) is 15.1. The van der Waals surface area contributed by atoms with Gasteiger partial charge in [0.2, 0.25) is 5.91 Å². The first-order valence-electron chi connectivity index (χ1n) is 9.49. The van der Waals surface area contributed by atoms with Gasteiger partial charge in [0.05, 0.1) is 13.0 Å². The van der Waals surface area contributed by atoms with E-state index in [0.29, 0.717) is 17.2 Å². The van der Waals surface area contributed by atoms with E-state index < -0.39 is 17.7 Å². The van der Waals surface area contributed by atoms with Gasteiger partial charge in [-0.15, -0.1) is 0 Å². The highest BCUT2D eigenvalue weighted by atomic mass is 19.3. The van der Waals surface area contributed by atoms with Crippen LogP contribution in [0.5, 0.6) is 0 Å². The number of hydrogen-bond donors (Lipinski definition) is 1. The number of amides is 2. The summed E-state index contributed by atoms with van der Waals surface area (Å²) in [5.41, 5.74) is 7.92. The number of rotatable bonds is 6. The lowest BCUT2D eigenvalue weighted by Crippen LogP contribution is -2.26. The van der Waals surface area contributed by atoms with Crippen molar-refractivity contribution in [3.05, 3.63) is 29.3 Å². The Balaban J connectivity index is 1.62. The second-order valence-electron chi connectivity index (χ2n) is 7.90. The molecule has 144 valence electrons. The number of hydrogen-bond acceptors (Lipinski definition) is 3. The van der Waals surface area contributed by atoms with E-state index in [0.717, 1.165) is 36.9 Å². The van der Waals surface area contributed by atoms with Gasteiger partial charge in [-0.05, 0) is 55.2 Å². The summed E-state index contributed by atoms with van der Waals surface area (Å²) in [5.74, 6) is -3.09. The maximum atomic E-state index is 13.7. The van der Waals surface area contributed by atoms with Crippen molar-refractivity contribution >= 4 is 23.2 Å². The van der Waals surface area contributed by atoms with Crippen LogP contribution in [-0.2, 0) is 4.79 Å². The minimum Gasteiger partial charge on any atom is -0.369 e. The normalized spacial score (nSPS) is 22.1. The van der Waals surface area contributed by atoms with Gasteiger partial charge in [0.15, 0.2) is 0 Å². The number of halogens is 2. The Kier molecular flexibility index (Phi) is 4.48. The van der Waals surface area contributed by atoms with Crippen LogP contribution in [0.1, 0.15) is 60.4 Å². The van der Waals surface area contributed by atoms with Gasteiger partial charge in [-0.3, -0.25) is 9.59 Å². The molecule has 0 radical (unpaired) electrons. The number of nitrogens with two attached hydrogens (primary N) is 1. The molecule has 0 bridgehead atoms. The van der Waals surface area contributed by atoms with Gasteiger partial charge in [-0.2, -0.15) is 0 Å². The van der Waals surface area contributed by atoms with Gasteiger partial charge >= 0.3 is 0 Å². The Hall–Kier alpha value is -2.31. The molecule has 1 aromatic rings. The van der Waals surface area contributed by atoms with Crippen molar-refractivity contribution in [2.45, 2.75) is 50.4 Å². The molecule has 4 rings (SSSR count). The summed E-state index contributed by atoms with van der Waals surface area (Å²) in [6.45, 7) is -0.0364. The molecule has 1 aliphatic heterocycles. The average Bonchev–Trinajstić information content (AvgIpc) is 3.51. The van der Waals surface area contributed by atoms with Crippen molar-refractivity contribution in [3.63, 3.8) is 0 Å². The fraction of sp³-hybridized carbons (Fsp3) is 0.550. The predicted octanol–water partition coefficient (Wildman–Crippen LogP) is 3.28. The van der Waals surface area contributed by atoms with E-state index in [1.54, 1.807) is 17.0 Å². The van der Waals surface area contributed by atoms with Crippen molar-refractivity contribution in [3.8, 4) is 0 Å². The van der Waals surface area contributed by atoms with Crippen LogP contribution >= 0.6 is 0 Å². The molecule has 0 aromatic heterocycles. The number of benzene rings is 1. The standard InChI is InChI=1S/C20H23F2N3O2/c21-20(22)7-8-25(11-20)17-9-14(5-6-15(17)12-1-2-12)19(27)24-16(10-18(23)26)13-3-4-13/h5-6,9,12-13H,1-4,7-8,10-11H2,(H2,23,26)/b24-16-. The van der Waals surface area contributed by atoms with E-state index in [4.69, 9.17) is 5.73 Å². The molecular formula is C20H23F2N3O2. The van der Waals surface area contributed by atoms with Crippen molar-refractivity contribution < 1.29 is 18.4 Å². The second-order valence-corrected chi connectivity index (χ2v) is 7.90. The molecule has 3 aliphatic rings. The maximum absolute atomic E-state index is 13.7. The lowest BCUT2D eigenvalue weighted by Gasteiger charge is -2.22. The topological polar surface area (TPSA) is 75.8 Å². The molecule has 2 amide bonds. The lowest BCUT2D eigenvalue weighted by molar-refractivity contribution is -0.116. The molecular weight excluding hydrogens is 352 g/mol. The Bertz CT molecular complexity index is 813. The zero-order valence-corrected chi connectivity index (χ0v) is 15.1. The number of anilines is 1. The summed E-state index contributed by atoms with van der Waals surface area (Å²) < 4.78 is 27.4. The van der Waals surface area contributed by atoms with Crippen LogP contribution in [0.2, 0.25) is 0 Å². The Morgan fingerprint density at radius 1 is 1.22 bits per heavy atom. The zero-order chi connectivity index (χ0) is 19.2. The van der Waals surface area contributed by atoms with Crippen LogP contribution in [-0.4, -0.2) is 36.5 Å². The lowest BCUT2D eigenvalue weighted by atomic mass is 10.0. The predicted molar refractivity (Wildman–Crippen MR) is 98.5 cm³/mol. The Labute approximate surface area is 156 Å². The molecule has 2 saturated carbocycles. The summed E-state index contributed by atoms with van der Waals surface area (Å²) in [5, 5.41) is 0. The third-order valence-corrected chi connectivity index (χ3v) is 5.45. The van der Waals surface area contributed by atoms with E-state index in [2.05, 4.69) is 4.99 Å². The van der Waals surface area contributed by atoms with Crippen molar-refractivity contribution in [1.29, 1.82) is 0 Å². The van der Waals surface area contributed by atoms with E-state index in [9.17, 15) is 18.4 Å². The minimum absolute atomic E-state index is 0.0121. The molecule has 5 nitrogen and oxygen atoms in total. The average molecular weight is 375 g/mol. The Morgan fingerprint density at radius 3 is 2.52 bits per heavy atom. The largest absolute Gasteiger partial charge is 0.369 e. The highest BCUT2D eigenvalue weighted by molar-refractivity contribution is 6.10. The molecule has 2 aliphatic carbocycles. The van der Waals surface area contributed by atoms with E-state index in [1.165, 1.54) is 0 Å². The van der Waals surface area contributed by atoms with Crippen LogP contribution in [0.3, 0.4) is 0 Å². The monoisotopic (exact) mass is 375 g/mol. The summed E-state index contributed by atoms with van der Waals surface area (Å²) >= 11 is 0. The number of alkyl halides is 2. The summed E-state index contributed by atoms with van der Waals surface area (Å²) in [7, 11) is 0. The smallest absolute Gasteiger partial charge is 0.277 e. The van der Waals surface area contributed by atoms with Gasteiger partial charge in [-0.25, -0.2) is 13.8 Å². The molecule has 1 saturated heterocycles. The van der Waals surface area contributed by atoms with Gasteiger partial charge in [0, 0.05) is 29.9 Å². The molecule has 0 unspecified atom stereocenters. The van der Waals surface area contributed by atoms with Gasteiger partial charge in [-0.1, -0.05) is 6.07 Å². The van der Waals surface area contributed by atoms with Crippen LogP contribution < -0.4 is 10.6 Å². The third-order valence-electron chi connectivity index (χ3n) is 5.45. The van der Waals surface area contributed by atoms with Crippen LogP contribution in [0.4, 0.5) is 14.5 Å². The number of nitrogens with zero attached hydrogens (tertiary/aromatic N) is 2. The van der Waals surface area contributed by atoms with E-state index in [1.807, 2.05) is 6.07 Å². The quantitative estimate of drug-likeness (QED) is 0.776. The van der Waals surface area contributed by atoms with E-state index >= 15 is 0 Å². The van der Waals surface area contributed by atoms with Crippen molar-refractivity contribution in [1.82, 2.24) is 0 Å². The first kappa shape index (κ1) is 18.1. The highest BCUT2D eigenvalue weighted by Crippen LogP contribution is 2.46. The van der Waals surface area contributed by atoms with Crippen molar-refractivity contribution in [2.75, 3.05) is 18.0 Å².